The number of hydrogen-bond donors (Lipinski definition) is 10. The van der Waals surface area contributed by atoms with Crippen LogP contribution in [-0.2, 0) is 32.7 Å². The molecule has 30 heteroatoms. The summed E-state index contributed by atoms with van der Waals surface area (Å²) in [5.41, 5.74) is 39.3. The van der Waals surface area contributed by atoms with Gasteiger partial charge in [0.2, 0.25) is 11.9 Å². The van der Waals surface area contributed by atoms with Crippen LogP contribution in [0.25, 0.3) is 110 Å². The van der Waals surface area contributed by atoms with Gasteiger partial charge in [-0.3, -0.25) is 0 Å². The smallest absolute Gasteiger partial charge is 0.206 e. The number of rotatable bonds is 20. The second kappa shape index (κ2) is 33.4. The van der Waals surface area contributed by atoms with Crippen LogP contribution in [0.5, 0.6) is 0 Å². The van der Waals surface area contributed by atoms with Crippen LogP contribution in [-0.4, -0.2) is 169 Å². The standard InChI is InChI=1S/C18H23N5O.C18H24N4OS.C17H21N5O.C17H20N4OS.C17H22N4OS/c1-18(2,24)11-23-15-12-7-3-4-8-13(12)20-16(19)14(15)21-17(23)22-9-5-6-10-22;1-11(2)9-24-17-21-14-15(22(17)10-18(3,4)23)12-7-5-6-8-13(12)20-16(14)19;1-17(2,23)10-22-14-11-6-3-4-7-12(11)19-15(18)13(14)20-16(22)21-8-5-9-21;1-17(2,22)9-21-14-11-5-3-4-6-12(11)19-15(18)13(14)20-16(21)23-10-7-8-10;1-4-9-23-16-20-13-14(21(16)10-17(2,3)22)11-7-5-6-8-12(11)19-15(13)18/h3-4,7-8,24H,5-6,9-11H2,1-2H3,(H2,19,20);5-8,11,23H,9-10H2,1-4H3,(H2,19,20);3-4,6-7,23H,5,8-10H2,1-2H3,(H2,18,19);3-6,10,22H,7-9H2,1-2H3,(H2,18,19);5-8,22H,4,9-10H2,1-3H3,(H2,18,19). The molecule has 0 atom stereocenters. The van der Waals surface area contributed by atoms with E-state index >= 15 is 0 Å². The number of benzene rings is 5. The number of imidazole rings is 5. The van der Waals surface area contributed by atoms with Gasteiger partial charge in [-0.25, -0.2) is 49.8 Å². The Morgan fingerprint density at radius 3 is 0.906 bits per heavy atom. The topological polar surface area (TPSA) is 391 Å². The molecule has 10 aromatic heterocycles. The molecule has 616 valence electrons. The van der Waals surface area contributed by atoms with Crippen molar-refractivity contribution in [2.24, 2.45) is 5.92 Å². The van der Waals surface area contributed by atoms with E-state index in [1.54, 1.807) is 49.1 Å². The van der Waals surface area contributed by atoms with Gasteiger partial charge in [0, 0.05) is 69.9 Å². The van der Waals surface area contributed by atoms with Crippen LogP contribution < -0.4 is 38.5 Å². The highest BCUT2D eigenvalue weighted by atomic mass is 32.2. The average molecular weight is 1640 g/mol. The second-order valence-corrected chi connectivity index (χ2v) is 37.8. The van der Waals surface area contributed by atoms with E-state index in [1.165, 1.54) is 32.1 Å². The molecule has 3 fully saturated rings. The molecular formula is C87H110N22O5S3. The van der Waals surface area contributed by atoms with E-state index in [1.807, 2.05) is 177 Å². The Morgan fingerprint density at radius 2 is 0.624 bits per heavy atom. The Balaban J connectivity index is 0.000000120. The normalized spacial score (nSPS) is 14.3. The van der Waals surface area contributed by atoms with Crippen molar-refractivity contribution >= 4 is 186 Å². The fraction of sp³-hybridized carbons (Fsp3) is 0.425. The minimum atomic E-state index is -0.847. The van der Waals surface area contributed by atoms with Gasteiger partial charge in [0.25, 0.3) is 0 Å². The van der Waals surface area contributed by atoms with Gasteiger partial charge >= 0.3 is 0 Å². The van der Waals surface area contributed by atoms with Gasteiger partial charge in [0.05, 0.1) is 116 Å². The summed E-state index contributed by atoms with van der Waals surface area (Å²) in [5.74, 6) is 6.45. The third-order valence-corrected chi connectivity index (χ3v) is 23.8. The van der Waals surface area contributed by atoms with E-state index in [0.29, 0.717) is 84.0 Å². The molecule has 15 N–H and O–H groups in total. The summed E-state index contributed by atoms with van der Waals surface area (Å²) >= 11 is 5.16. The Hall–Kier alpha value is -10.1. The molecule has 0 spiro atoms. The molecule has 2 saturated heterocycles. The van der Waals surface area contributed by atoms with Gasteiger partial charge in [-0.1, -0.05) is 147 Å². The van der Waals surface area contributed by atoms with Crippen LogP contribution in [0, 0.1) is 5.92 Å². The lowest BCUT2D eigenvalue weighted by Gasteiger charge is -2.33. The predicted octanol–water partition coefficient (Wildman–Crippen LogP) is 15.0. The number of nitrogen functional groups attached to an aromatic ring is 5. The summed E-state index contributed by atoms with van der Waals surface area (Å²) in [5, 5.41) is 60.3. The first-order valence-electron chi connectivity index (χ1n) is 40.2. The first-order chi connectivity index (χ1) is 55.5. The van der Waals surface area contributed by atoms with Crippen LogP contribution in [0.3, 0.4) is 0 Å². The molecule has 3 aliphatic rings. The molecule has 1 saturated carbocycles. The number of aromatic nitrogens is 15. The second-order valence-electron chi connectivity index (χ2n) is 34.5. The highest BCUT2D eigenvalue weighted by molar-refractivity contribution is 8.00. The molecule has 0 amide bonds. The lowest BCUT2D eigenvalue weighted by atomic mass is 10.1. The maximum Gasteiger partial charge on any atom is 0.206 e. The van der Waals surface area contributed by atoms with E-state index in [9.17, 15) is 25.5 Å². The zero-order chi connectivity index (χ0) is 83.4. The highest BCUT2D eigenvalue weighted by Gasteiger charge is 2.33. The fourth-order valence-corrected chi connectivity index (χ4v) is 17.8. The number of hydrogen-bond acceptors (Lipinski definition) is 25. The number of aliphatic hydroxyl groups is 5. The molecule has 0 radical (unpaired) electrons. The van der Waals surface area contributed by atoms with Crippen molar-refractivity contribution in [3.63, 3.8) is 0 Å². The van der Waals surface area contributed by atoms with Gasteiger partial charge in [0.15, 0.2) is 44.6 Å². The Kier molecular flexibility index (Phi) is 23.8. The van der Waals surface area contributed by atoms with Crippen LogP contribution in [0.15, 0.2) is 137 Å². The third kappa shape index (κ3) is 18.8. The molecule has 12 heterocycles. The molecular weight excluding hydrogens is 1530 g/mol. The molecule has 15 aromatic rings. The van der Waals surface area contributed by atoms with Gasteiger partial charge in [-0.05, 0) is 144 Å². The number of anilines is 7. The van der Waals surface area contributed by atoms with E-state index in [2.05, 4.69) is 78.3 Å². The third-order valence-electron chi connectivity index (χ3n) is 19.9. The molecule has 27 nitrogen and oxygen atoms in total. The lowest BCUT2D eigenvalue weighted by molar-refractivity contribution is 0.0597. The summed E-state index contributed by atoms with van der Waals surface area (Å²) in [4.78, 5) is 50.7. The first-order valence-corrected chi connectivity index (χ1v) is 43.1. The highest BCUT2D eigenvalue weighted by Crippen LogP contribution is 2.44. The monoisotopic (exact) mass is 1640 g/mol. The molecule has 0 bridgehead atoms. The summed E-state index contributed by atoms with van der Waals surface area (Å²) in [6.45, 7) is 30.9. The van der Waals surface area contributed by atoms with Crippen molar-refractivity contribution in [3.8, 4) is 0 Å². The van der Waals surface area contributed by atoms with Crippen LogP contribution >= 0.6 is 35.3 Å². The maximum absolute atomic E-state index is 10.4. The van der Waals surface area contributed by atoms with Crippen molar-refractivity contribution < 1.29 is 25.5 Å². The van der Waals surface area contributed by atoms with Gasteiger partial charge in [-0.2, -0.15) is 0 Å². The zero-order valence-corrected chi connectivity index (χ0v) is 71.6. The summed E-state index contributed by atoms with van der Waals surface area (Å²) in [7, 11) is 0. The Labute approximate surface area is 693 Å². The minimum absolute atomic E-state index is 0.435. The molecule has 2 aliphatic heterocycles. The number of pyridine rings is 5. The van der Waals surface area contributed by atoms with E-state index in [4.69, 9.17) is 53.6 Å². The average Bonchev–Trinajstić information content (AvgIpc) is 1.59. The van der Waals surface area contributed by atoms with Crippen molar-refractivity contribution in [3.05, 3.63) is 121 Å². The van der Waals surface area contributed by atoms with Crippen molar-refractivity contribution in [1.29, 1.82) is 0 Å². The number of fused-ring (bicyclic) bond motifs is 15. The Bertz CT molecular complexity index is 6140. The number of thioether (sulfide) groups is 3. The van der Waals surface area contributed by atoms with Crippen molar-refractivity contribution in [2.45, 2.75) is 210 Å². The van der Waals surface area contributed by atoms with Crippen LogP contribution in [0.1, 0.15) is 129 Å². The molecule has 117 heavy (non-hydrogen) atoms. The zero-order valence-electron chi connectivity index (χ0n) is 69.2. The van der Waals surface area contributed by atoms with Gasteiger partial charge in [-0.15, -0.1) is 0 Å². The SMILES string of the molecule is CC(C)(O)Cn1c(N2CCC2)nc2c(N)nc3ccccc3c21.CC(C)(O)Cn1c(N2CCCC2)nc2c(N)nc3ccccc3c21.CC(C)(O)Cn1c(SC2CC2)nc2c(N)nc3ccccc3c21.CC(C)CSc1nc2c(N)nc3ccccc3c2n1CC(C)(C)O.CCCSc1nc2c(N)nc3ccccc3c2n1CC(C)(C)O. The number of para-hydroxylation sites is 5. The van der Waals surface area contributed by atoms with Gasteiger partial charge < -0.3 is 86.8 Å². The fourth-order valence-electron chi connectivity index (χ4n) is 14.9. The van der Waals surface area contributed by atoms with E-state index < -0.39 is 28.0 Å². The van der Waals surface area contributed by atoms with Crippen molar-refractivity contribution in [1.82, 2.24) is 72.7 Å². The molecule has 18 rings (SSSR count). The van der Waals surface area contributed by atoms with Crippen LogP contribution in [0.4, 0.5) is 41.0 Å². The summed E-state index contributed by atoms with van der Waals surface area (Å²) in [6.07, 6.45) is 7.02. The molecule has 1 aliphatic carbocycles. The number of nitrogens with zero attached hydrogens (tertiary/aromatic N) is 17. The van der Waals surface area contributed by atoms with Crippen molar-refractivity contribution in [2.75, 3.05) is 76.2 Å². The molecule has 0 unspecified atom stereocenters. The van der Waals surface area contributed by atoms with E-state index in [-0.39, 0.29) is 0 Å². The van der Waals surface area contributed by atoms with E-state index in [0.717, 1.165) is 170 Å². The number of nitrogens with two attached hydrogens (primary N) is 5. The Morgan fingerprint density at radius 1 is 0.359 bits per heavy atom. The predicted molar refractivity (Wildman–Crippen MR) is 482 cm³/mol. The van der Waals surface area contributed by atoms with Crippen LogP contribution in [0.2, 0.25) is 0 Å². The minimum Gasteiger partial charge on any atom is -0.389 e. The first kappa shape index (κ1) is 83.4. The maximum atomic E-state index is 10.4. The quantitative estimate of drug-likeness (QED) is 0.0317. The largest absolute Gasteiger partial charge is 0.389 e. The van der Waals surface area contributed by atoms with Gasteiger partial charge in [0.1, 0.15) is 27.6 Å². The summed E-state index contributed by atoms with van der Waals surface area (Å²) < 4.78 is 10.5. The molecule has 5 aromatic carbocycles. The lowest BCUT2D eigenvalue weighted by Crippen LogP contribution is -2.40. The summed E-state index contributed by atoms with van der Waals surface area (Å²) in [6, 6.07) is 39.7.